The number of hydrogen-bond acceptors (Lipinski definition) is 14. The topological polar surface area (TPSA) is 114 Å². The van der Waals surface area contributed by atoms with Gasteiger partial charge in [-0.2, -0.15) is 9.97 Å². The molecular weight excluding hydrogens is 969 g/mol. The Morgan fingerprint density at radius 1 is 0.500 bits per heavy atom. The Bertz CT molecular complexity index is 2770. The summed E-state index contributed by atoms with van der Waals surface area (Å²) in [6, 6.07) is 30.6. The summed E-state index contributed by atoms with van der Waals surface area (Å²) in [5.74, 6) is 18.3. The predicted octanol–water partition coefficient (Wildman–Crippen LogP) is 10.0. The second-order valence-corrected chi connectivity index (χ2v) is 22.0. The standard InChI is InChI=1S/2C32H42N6O/c2*1-36(2)17-11-8-14-26-22-29-28(23-30(26)39-3)31(35-32(34-29)38-18-9-5-10-19-38)33-27-15-20-37(21-16-27)24-25-12-6-4-7-13-25/h2*4,6-7,12-13,22-23,27H,5,9-11,15-21,24H2,1-3H3,(H,33,34,35). The first kappa shape index (κ1) is 56.1. The van der Waals surface area contributed by atoms with Gasteiger partial charge in [0.1, 0.15) is 23.1 Å². The zero-order valence-electron chi connectivity index (χ0n) is 47.5. The summed E-state index contributed by atoms with van der Waals surface area (Å²) in [4.78, 5) is 34.3. The third kappa shape index (κ3) is 15.8. The molecule has 6 heterocycles. The average molecular weight is 1050 g/mol. The Morgan fingerprint density at radius 2 is 0.885 bits per heavy atom. The molecule has 0 radical (unpaired) electrons. The van der Waals surface area contributed by atoms with Gasteiger partial charge < -0.3 is 39.7 Å². The van der Waals surface area contributed by atoms with Crippen LogP contribution in [0.15, 0.2) is 84.9 Å². The summed E-state index contributed by atoms with van der Waals surface area (Å²) in [5.41, 5.74) is 6.37. The number of nitrogens with one attached hydrogen (secondary N) is 2. The molecule has 2 aromatic heterocycles. The van der Waals surface area contributed by atoms with Crippen LogP contribution in [-0.4, -0.2) is 159 Å². The van der Waals surface area contributed by atoms with Gasteiger partial charge in [-0.05, 0) is 128 Å². The molecule has 78 heavy (non-hydrogen) atoms. The van der Waals surface area contributed by atoms with Crippen molar-refractivity contribution in [1.82, 2.24) is 39.5 Å². The van der Waals surface area contributed by atoms with Crippen LogP contribution < -0.4 is 29.9 Å². The molecule has 4 aliphatic rings. The lowest BCUT2D eigenvalue weighted by Crippen LogP contribution is -2.39. The fourth-order valence-corrected chi connectivity index (χ4v) is 10.9. The maximum absolute atomic E-state index is 5.78. The number of anilines is 4. The van der Waals surface area contributed by atoms with Crippen LogP contribution in [0.2, 0.25) is 0 Å². The number of benzene rings is 4. The van der Waals surface area contributed by atoms with Crippen molar-refractivity contribution in [2.24, 2.45) is 0 Å². The van der Waals surface area contributed by atoms with Gasteiger partial charge in [-0.25, -0.2) is 9.97 Å². The van der Waals surface area contributed by atoms with E-state index in [0.717, 1.165) is 185 Å². The van der Waals surface area contributed by atoms with Crippen LogP contribution in [-0.2, 0) is 13.1 Å². The molecule has 4 aromatic carbocycles. The van der Waals surface area contributed by atoms with E-state index >= 15 is 0 Å². The average Bonchev–Trinajstić information content (AvgIpc) is 3.54. The molecule has 2 N–H and O–H groups in total. The molecule has 0 spiro atoms. The number of ether oxygens (including phenoxy) is 2. The first-order valence-corrected chi connectivity index (χ1v) is 28.8. The number of likely N-dealkylation sites (tertiary alicyclic amines) is 2. The van der Waals surface area contributed by atoms with E-state index in [4.69, 9.17) is 29.4 Å². The minimum atomic E-state index is 0.376. The molecule has 0 atom stereocenters. The van der Waals surface area contributed by atoms with E-state index < -0.39 is 0 Å². The molecule has 14 heteroatoms. The van der Waals surface area contributed by atoms with Gasteiger partial charge in [0.05, 0.1) is 36.4 Å². The van der Waals surface area contributed by atoms with Crippen molar-refractivity contribution in [2.75, 3.05) is 128 Å². The quantitative estimate of drug-likeness (QED) is 0.0897. The molecular formula is C64H84N12O2. The largest absolute Gasteiger partial charge is 0.495 e. The van der Waals surface area contributed by atoms with Gasteiger partial charge in [-0.1, -0.05) is 84.3 Å². The molecule has 4 fully saturated rings. The van der Waals surface area contributed by atoms with E-state index in [2.05, 4.69) is 177 Å². The van der Waals surface area contributed by atoms with Gasteiger partial charge in [0.15, 0.2) is 0 Å². The predicted molar refractivity (Wildman–Crippen MR) is 321 cm³/mol. The van der Waals surface area contributed by atoms with E-state index in [1.165, 1.54) is 49.7 Å². The van der Waals surface area contributed by atoms with Crippen molar-refractivity contribution >= 4 is 45.3 Å². The molecule has 10 rings (SSSR count). The Labute approximate surface area is 465 Å². The van der Waals surface area contributed by atoms with Gasteiger partial charge in [0.25, 0.3) is 0 Å². The van der Waals surface area contributed by atoms with E-state index in [1.54, 1.807) is 14.2 Å². The SMILES string of the molecule is COc1cc2c(NC3CCN(Cc4ccccc4)CC3)nc(N3CCCCC3)nc2cc1C#CCCN(C)C.COc1cc2c(NC3CCN(Cc4ccccc4)CC3)nc(N3CCCCC3)nc2cc1C#CCCN(C)C. The third-order valence-electron chi connectivity index (χ3n) is 15.5. The second-order valence-electron chi connectivity index (χ2n) is 22.0. The molecule has 0 unspecified atom stereocenters. The molecule has 0 aliphatic carbocycles. The van der Waals surface area contributed by atoms with Crippen LogP contribution in [0.5, 0.6) is 11.5 Å². The number of piperidine rings is 4. The van der Waals surface area contributed by atoms with E-state index in [-0.39, 0.29) is 0 Å². The van der Waals surface area contributed by atoms with Gasteiger partial charge in [-0.3, -0.25) is 9.80 Å². The zero-order valence-corrected chi connectivity index (χ0v) is 47.5. The van der Waals surface area contributed by atoms with E-state index in [9.17, 15) is 0 Å². The number of hydrogen-bond donors (Lipinski definition) is 2. The van der Waals surface area contributed by atoms with Crippen LogP contribution in [0.25, 0.3) is 21.8 Å². The zero-order chi connectivity index (χ0) is 54.1. The van der Waals surface area contributed by atoms with E-state index in [1.807, 2.05) is 0 Å². The maximum Gasteiger partial charge on any atom is 0.227 e. The molecule has 14 nitrogen and oxygen atoms in total. The number of nitrogens with zero attached hydrogens (tertiary/aromatic N) is 10. The molecule has 0 bridgehead atoms. The molecule has 6 aromatic rings. The second kappa shape index (κ2) is 28.3. The highest BCUT2D eigenvalue weighted by Crippen LogP contribution is 2.34. The Kier molecular flexibility index (Phi) is 20.3. The fourth-order valence-electron chi connectivity index (χ4n) is 10.9. The van der Waals surface area contributed by atoms with Crippen molar-refractivity contribution in [3.63, 3.8) is 0 Å². The summed E-state index contributed by atoms with van der Waals surface area (Å²) in [6.07, 6.45) is 13.3. The lowest BCUT2D eigenvalue weighted by Gasteiger charge is -2.33. The molecule has 4 saturated heterocycles. The highest BCUT2D eigenvalue weighted by Gasteiger charge is 2.25. The first-order valence-electron chi connectivity index (χ1n) is 28.8. The molecule has 412 valence electrons. The lowest BCUT2D eigenvalue weighted by molar-refractivity contribution is 0.211. The Balaban J connectivity index is 0.000000190. The summed E-state index contributed by atoms with van der Waals surface area (Å²) < 4.78 is 11.6. The van der Waals surface area contributed by atoms with E-state index in [0.29, 0.717) is 12.1 Å². The summed E-state index contributed by atoms with van der Waals surface area (Å²) >= 11 is 0. The summed E-state index contributed by atoms with van der Waals surface area (Å²) in [5, 5.41) is 9.64. The summed E-state index contributed by atoms with van der Waals surface area (Å²) in [6.45, 7) is 12.2. The molecule has 4 aliphatic heterocycles. The van der Waals surface area contributed by atoms with Crippen molar-refractivity contribution in [1.29, 1.82) is 0 Å². The highest BCUT2D eigenvalue weighted by molar-refractivity contribution is 5.94. The van der Waals surface area contributed by atoms with Gasteiger partial charge in [0.2, 0.25) is 11.9 Å². The van der Waals surface area contributed by atoms with Crippen molar-refractivity contribution < 1.29 is 9.47 Å². The smallest absolute Gasteiger partial charge is 0.227 e. The monoisotopic (exact) mass is 1050 g/mol. The number of rotatable bonds is 16. The molecule has 0 amide bonds. The van der Waals surface area contributed by atoms with Crippen molar-refractivity contribution in [3.8, 4) is 35.2 Å². The number of fused-ring (bicyclic) bond motifs is 2. The van der Waals surface area contributed by atoms with Gasteiger partial charge >= 0.3 is 0 Å². The van der Waals surface area contributed by atoms with Gasteiger partial charge in [0, 0.05) is 114 Å². The Hall–Kier alpha value is -6.68. The number of aromatic nitrogens is 4. The minimum absolute atomic E-state index is 0.376. The van der Waals surface area contributed by atoms with Crippen LogP contribution in [0, 0.1) is 23.7 Å². The summed E-state index contributed by atoms with van der Waals surface area (Å²) in [7, 11) is 11.7. The highest BCUT2D eigenvalue weighted by atomic mass is 16.5. The lowest BCUT2D eigenvalue weighted by atomic mass is 10.0. The van der Waals surface area contributed by atoms with Crippen molar-refractivity contribution in [3.05, 3.63) is 107 Å². The first-order chi connectivity index (χ1) is 38.2. The minimum Gasteiger partial charge on any atom is -0.495 e. The third-order valence-corrected chi connectivity index (χ3v) is 15.5. The van der Waals surface area contributed by atoms with Crippen molar-refractivity contribution in [2.45, 2.75) is 102 Å². The van der Waals surface area contributed by atoms with Crippen LogP contribution in [0.1, 0.15) is 99.3 Å². The maximum atomic E-state index is 5.78. The van der Waals surface area contributed by atoms with Crippen LogP contribution >= 0.6 is 0 Å². The van der Waals surface area contributed by atoms with Gasteiger partial charge in [-0.15, -0.1) is 0 Å². The molecule has 0 saturated carbocycles. The normalized spacial score (nSPS) is 16.8. The van der Waals surface area contributed by atoms with Crippen LogP contribution in [0.3, 0.4) is 0 Å². The Morgan fingerprint density at radius 3 is 1.24 bits per heavy atom. The fraction of sp³-hybridized carbons (Fsp3) is 0.500. The van der Waals surface area contributed by atoms with Crippen LogP contribution in [0.4, 0.5) is 23.5 Å². The number of methoxy groups -OCH3 is 2.